The van der Waals surface area contributed by atoms with Gasteiger partial charge in [-0.3, -0.25) is 4.90 Å². The van der Waals surface area contributed by atoms with Gasteiger partial charge in [0, 0.05) is 13.1 Å². The summed E-state index contributed by atoms with van der Waals surface area (Å²) in [6.07, 6.45) is 0.543. The van der Waals surface area contributed by atoms with E-state index in [0.717, 1.165) is 13.1 Å². The third-order valence-corrected chi connectivity index (χ3v) is 2.89. The first kappa shape index (κ1) is 10.9. The molecule has 1 aliphatic heterocycles. The van der Waals surface area contributed by atoms with Gasteiger partial charge in [0.05, 0.1) is 17.9 Å². The Kier molecular flexibility index (Phi) is 3.29. The molecule has 0 spiro atoms. The highest BCUT2D eigenvalue weighted by Gasteiger charge is 2.33. The first-order valence-corrected chi connectivity index (χ1v) is 4.83. The lowest BCUT2D eigenvalue weighted by Gasteiger charge is -2.26. The van der Waals surface area contributed by atoms with Crippen LogP contribution in [0.2, 0.25) is 0 Å². The molecule has 4 nitrogen and oxygen atoms in total. The predicted octanol–water partition coefficient (Wildman–Crippen LogP) is -0.501. The maximum Gasteiger partial charge on any atom is 0.0890 e. The van der Waals surface area contributed by atoms with Gasteiger partial charge in [0.1, 0.15) is 0 Å². The van der Waals surface area contributed by atoms with Gasteiger partial charge in [-0.05, 0) is 26.7 Å². The third kappa shape index (κ3) is 2.64. The molecule has 1 aliphatic rings. The second-order valence-electron chi connectivity index (χ2n) is 4.19. The van der Waals surface area contributed by atoms with Crippen molar-refractivity contribution in [2.75, 3.05) is 13.1 Å². The van der Waals surface area contributed by atoms with Gasteiger partial charge in [0.25, 0.3) is 0 Å². The Morgan fingerprint density at radius 2 is 2.15 bits per heavy atom. The van der Waals surface area contributed by atoms with Crippen molar-refractivity contribution in [2.24, 2.45) is 5.73 Å². The minimum Gasteiger partial charge on any atom is -0.390 e. The molecule has 1 fully saturated rings. The lowest BCUT2D eigenvalue weighted by molar-refractivity contribution is -0.0623. The Hall–Kier alpha value is -0.160. The summed E-state index contributed by atoms with van der Waals surface area (Å²) < 4.78 is 0. The zero-order valence-corrected chi connectivity index (χ0v) is 8.40. The highest BCUT2D eigenvalue weighted by atomic mass is 16.3. The molecule has 13 heavy (non-hydrogen) atoms. The van der Waals surface area contributed by atoms with E-state index in [4.69, 9.17) is 5.73 Å². The average Bonchev–Trinajstić information content (AvgIpc) is 2.13. The van der Waals surface area contributed by atoms with E-state index in [9.17, 15) is 10.2 Å². The molecule has 0 aromatic carbocycles. The van der Waals surface area contributed by atoms with Crippen LogP contribution in [0.5, 0.6) is 0 Å². The van der Waals surface area contributed by atoms with Crippen molar-refractivity contribution in [1.29, 1.82) is 0 Å². The molecule has 4 heteroatoms. The first-order chi connectivity index (χ1) is 5.93. The van der Waals surface area contributed by atoms with Crippen LogP contribution in [0.3, 0.4) is 0 Å². The van der Waals surface area contributed by atoms with Gasteiger partial charge in [-0.15, -0.1) is 0 Å². The van der Waals surface area contributed by atoms with Gasteiger partial charge in [-0.25, -0.2) is 0 Å². The molecule has 3 atom stereocenters. The van der Waals surface area contributed by atoms with Crippen molar-refractivity contribution in [3.63, 3.8) is 0 Å². The minimum absolute atomic E-state index is 0.00102. The standard InChI is InChI=1S/C9H20N2O2/c1-7(10)11-5-3-8(12)9(2,13)4-6-11/h7-8,12-13H,3-6,10H2,1-2H3/t7?,8-,9-/m1/s1. The Morgan fingerprint density at radius 1 is 1.54 bits per heavy atom. The molecule has 0 amide bonds. The van der Waals surface area contributed by atoms with Crippen LogP contribution < -0.4 is 5.73 Å². The summed E-state index contributed by atoms with van der Waals surface area (Å²) in [5.74, 6) is 0. The fourth-order valence-electron chi connectivity index (χ4n) is 1.65. The lowest BCUT2D eigenvalue weighted by atomic mass is 9.94. The van der Waals surface area contributed by atoms with Crippen LogP contribution in [-0.2, 0) is 0 Å². The number of hydrogen-bond acceptors (Lipinski definition) is 4. The zero-order chi connectivity index (χ0) is 10.1. The topological polar surface area (TPSA) is 69.7 Å². The summed E-state index contributed by atoms with van der Waals surface area (Å²) in [5, 5.41) is 19.4. The van der Waals surface area contributed by atoms with Crippen molar-refractivity contribution in [3.8, 4) is 0 Å². The van der Waals surface area contributed by atoms with Crippen LogP contribution in [0.4, 0.5) is 0 Å². The summed E-state index contributed by atoms with van der Waals surface area (Å²) in [7, 11) is 0. The van der Waals surface area contributed by atoms with Gasteiger partial charge in [0.2, 0.25) is 0 Å². The molecule has 0 radical (unpaired) electrons. The predicted molar refractivity (Wildman–Crippen MR) is 51.1 cm³/mol. The molecular weight excluding hydrogens is 168 g/mol. The van der Waals surface area contributed by atoms with Gasteiger partial charge in [-0.1, -0.05) is 0 Å². The number of rotatable bonds is 1. The van der Waals surface area contributed by atoms with Crippen LogP contribution in [0.15, 0.2) is 0 Å². The van der Waals surface area contributed by atoms with E-state index < -0.39 is 11.7 Å². The van der Waals surface area contributed by atoms with Crippen LogP contribution in [-0.4, -0.2) is 46.1 Å². The monoisotopic (exact) mass is 188 g/mol. The van der Waals surface area contributed by atoms with Crippen molar-refractivity contribution < 1.29 is 10.2 Å². The summed E-state index contributed by atoms with van der Waals surface area (Å²) in [5.41, 5.74) is 4.78. The van der Waals surface area contributed by atoms with Crippen molar-refractivity contribution in [1.82, 2.24) is 4.90 Å². The fraction of sp³-hybridized carbons (Fsp3) is 1.00. The number of aliphatic hydroxyl groups is 2. The molecule has 0 aromatic heterocycles. The molecule has 1 unspecified atom stereocenters. The normalized spacial score (nSPS) is 39.9. The lowest BCUT2D eigenvalue weighted by Crippen LogP contribution is -2.41. The van der Waals surface area contributed by atoms with Crippen LogP contribution >= 0.6 is 0 Å². The number of hydrogen-bond donors (Lipinski definition) is 3. The second-order valence-corrected chi connectivity index (χ2v) is 4.19. The van der Waals surface area contributed by atoms with Crippen molar-refractivity contribution in [3.05, 3.63) is 0 Å². The maximum atomic E-state index is 9.81. The maximum absolute atomic E-state index is 9.81. The van der Waals surface area contributed by atoms with Gasteiger partial charge >= 0.3 is 0 Å². The van der Waals surface area contributed by atoms with E-state index in [1.807, 2.05) is 6.92 Å². The molecular formula is C9H20N2O2. The number of nitrogens with zero attached hydrogens (tertiary/aromatic N) is 1. The molecule has 0 aromatic rings. The molecule has 0 aliphatic carbocycles. The molecule has 1 heterocycles. The van der Waals surface area contributed by atoms with Crippen molar-refractivity contribution in [2.45, 2.75) is 44.6 Å². The van der Waals surface area contributed by atoms with Gasteiger partial charge in [0.15, 0.2) is 0 Å². The van der Waals surface area contributed by atoms with E-state index in [-0.39, 0.29) is 6.17 Å². The Labute approximate surface area is 79.3 Å². The molecule has 1 rings (SSSR count). The number of nitrogens with two attached hydrogens (primary N) is 1. The van der Waals surface area contributed by atoms with E-state index in [2.05, 4.69) is 4.90 Å². The molecule has 1 saturated heterocycles. The molecule has 4 N–H and O–H groups in total. The third-order valence-electron chi connectivity index (χ3n) is 2.89. The van der Waals surface area contributed by atoms with Crippen LogP contribution in [0.1, 0.15) is 26.7 Å². The highest BCUT2D eigenvalue weighted by molar-refractivity contribution is 4.87. The molecule has 0 saturated carbocycles. The van der Waals surface area contributed by atoms with E-state index in [1.54, 1.807) is 6.92 Å². The fourth-order valence-corrected chi connectivity index (χ4v) is 1.65. The summed E-state index contributed by atoms with van der Waals surface area (Å²) in [6, 6.07) is 0. The minimum atomic E-state index is -0.955. The SMILES string of the molecule is CC(N)N1CC[C@@H](O)[C@](C)(O)CC1. The van der Waals surface area contributed by atoms with Crippen LogP contribution in [0, 0.1) is 0 Å². The smallest absolute Gasteiger partial charge is 0.0890 e. The Bertz CT molecular complexity index is 171. The number of aliphatic hydroxyl groups excluding tert-OH is 1. The molecule has 78 valence electrons. The first-order valence-electron chi connectivity index (χ1n) is 4.83. The Balaban J connectivity index is 2.57. The summed E-state index contributed by atoms with van der Waals surface area (Å²) in [6.45, 7) is 5.12. The Morgan fingerprint density at radius 3 is 2.69 bits per heavy atom. The number of likely N-dealkylation sites (tertiary alicyclic amines) is 1. The highest BCUT2D eigenvalue weighted by Crippen LogP contribution is 2.22. The summed E-state index contributed by atoms with van der Waals surface area (Å²) >= 11 is 0. The molecule has 0 bridgehead atoms. The largest absolute Gasteiger partial charge is 0.390 e. The zero-order valence-electron chi connectivity index (χ0n) is 8.40. The second kappa shape index (κ2) is 3.92. The average molecular weight is 188 g/mol. The van der Waals surface area contributed by atoms with Gasteiger partial charge < -0.3 is 15.9 Å². The van der Waals surface area contributed by atoms with Gasteiger partial charge in [-0.2, -0.15) is 0 Å². The summed E-state index contributed by atoms with van der Waals surface area (Å²) in [4.78, 5) is 2.07. The quantitative estimate of drug-likeness (QED) is 0.519. The van der Waals surface area contributed by atoms with E-state index in [0.29, 0.717) is 12.8 Å². The van der Waals surface area contributed by atoms with Crippen LogP contribution in [0.25, 0.3) is 0 Å². The van der Waals surface area contributed by atoms with E-state index >= 15 is 0 Å². The van der Waals surface area contributed by atoms with E-state index in [1.165, 1.54) is 0 Å². The van der Waals surface area contributed by atoms with Crippen molar-refractivity contribution >= 4 is 0 Å².